The monoisotopic (exact) mass is 376 g/mol. The lowest BCUT2D eigenvalue weighted by Gasteiger charge is -2.37. The lowest BCUT2D eigenvalue weighted by molar-refractivity contribution is 0.415. The molecule has 0 radical (unpaired) electrons. The fraction of sp³-hybridized carbons (Fsp3) is 0.381. The van der Waals surface area contributed by atoms with Crippen LogP contribution in [0, 0.1) is 10.8 Å². The highest BCUT2D eigenvalue weighted by atomic mass is 35.5. The number of hydrogen-bond donors (Lipinski definition) is 1. The molecule has 2 rings (SSSR count). The lowest BCUT2D eigenvalue weighted by atomic mass is 9.68. The number of nitrogens with two attached hydrogens (primary N) is 1. The normalized spacial score (nSPS) is 12.1. The molecule has 0 aliphatic carbocycles. The smallest absolute Gasteiger partial charge is 0.0494 e. The van der Waals surface area contributed by atoms with Gasteiger partial charge in [0.2, 0.25) is 0 Å². The van der Waals surface area contributed by atoms with Gasteiger partial charge in [0.25, 0.3) is 0 Å². The molecule has 0 saturated carbocycles. The summed E-state index contributed by atoms with van der Waals surface area (Å²) in [5.41, 5.74) is 3.11. The molecule has 0 fully saturated rings. The zero-order valence-corrected chi connectivity index (χ0v) is 16.8. The van der Waals surface area contributed by atoms with Crippen molar-refractivity contribution in [3.63, 3.8) is 0 Å². The molecule has 2 N–H and O–H groups in total. The van der Waals surface area contributed by atoms with Crippen LogP contribution in [0.5, 0.6) is 0 Å². The predicted octanol–water partition coefficient (Wildman–Crippen LogP) is 6.15. The van der Waals surface area contributed by atoms with Crippen molar-refractivity contribution in [1.82, 2.24) is 0 Å². The van der Waals surface area contributed by atoms with Crippen molar-refractivity contribution < 1.29 is 0 Å². The summed E-state index contributed by atoms with van der Waals surface area (Å²) in [6.07, 6.45) is 1.70. The standard InChI is InChI=1S/C21H26Cl2N2/c1-20(2,13-15-5-9-17(22)10-6-15)19(25-24)21(3,4)14-16-7-11-18(23)12-8-16/h5-12H,13-14,24H2,1-4H3. The molecule has 0 atom stereocenters. The second-order valence-electron chi connectivity index (χ2n) is 7.85. The van der Waals surface area contributed by atoms with Gasteiger partial charge in [0.15, 0.2) is 0 Å². The number of hydrogen-bond acceptors (Lipinski definition) is 2. The third kappa shape index (κ3) is 5.23. The highest BCUT2D eigenvalue weighted by molar-refractivity contribution is 6.30. The van der Waals surface area contributed by atoms with Gasteiger partial charge < -0.3 is 5.84 Å². The SMILES string of the molecule is CC(C)(Cc1ccc(Cl)cc1)C(=NN)C(C)(C)Cc1ccc(Cl)cc1. The molecular weight excluding hydrogens is 351 g/mol. The largest absolute Gasteiger partial charge is 0.323 e. The maximum atomic E-state index is 5.99. The zero-order valence-electron chi connectivity index (χ0n) is 15.3. The van der Waals surface area contributed by atoms with E-state index in [1.165, 1.54) is 11.1 Å². The zero-order chi connectivity index (χ0) is 18.7. The van der Waals surface area contributed by atoms with Crippen molar-refractivity contribution in [1.29, 1.82) is 0 Å². The summed E-state index contributed by atoms with van der Waals surface area (Å²) in [6.45, 7) is 8.77. The van der Waals surface area contributed by atoms with Gasteiger partial charge in [-0.2, -0.15) is 5.10 Å². The van der Waals surface area contributed by atoms with E-state index in [0.29, 0.717) is 0 Å². The van der Waals surface area contributed by atoms with Gasteiger partial charge >= 0.3 is 0 Å². The Morgan fingerprint density at radius 3 is 1.36 bits per heavy atom. The molecule has 0 saturated heterocycles. The van der Waals surface area contributed by atoms with E-state index in [-0.39, 0.29) is 10.8 Å². The van der Waals surface area contributed by atoms with E-state index >= 15 is 0 Å². The van der Waals surface area contributed by atoms with Crippen molar-refractivity contribution in [2.24, 2.45) is 21.8 Å². The summed E-state index contributed by atoms with van der Waals surface area (Å²) in [4.78, 5) is 0. The minimum atomic E-state index is -0.168. The van der Waals surface area contributed by atoms with E-state index in [4.69, 9.17) is 29.0 Å². The van der Waals surface area contributed by atoms with Gasteiger partial charge in [0, 0.05) is 26.6 Å². The second-order valence-corrected chi connectivity index (χ2v) is 8.72. The first-order valence-electron chi connectivity index (χ1n) is 8.42. The first kappa shape index (κ1) is 19.8. The molecule has 4 heteroatoms. The average molecular weight is 377 g/mol. The molecule has 2 aromatic rings. The van der Waals surface area contributed by atoms with Crippen molar-refractivity contribution in [2.75, 3.05) is 0 Å². The van der Waals surface area contributed by atoms with Crippen molar-refractivity contribution >= 4 is 28.9 Å². The molecule has 0 amide bonds. The molecule has 0 aliphatic heterocycles. The Morgan fingerprint density at radius 1 is 0.760 bits per heavy atom. The van der Waals surface area contributed by atoms with E-state index in [1.807, 2.05) is 24.3 Å². The van der Waals surface area contributed by atoms with Gasteiger partial charge in [-0.15, -0.1) is 0 Å². The van der Waals surface area contributed by atoms with Gasteiger partial charge in [-0.25, -0.2) is 0 Å². The van der Waals surface area contributed by atoms with Crippen LogP contribution in [0.25, 0.3) is 0 Å². The Kier molecular flexibility index (Phi) is 6.18. The summed E-state index contributed by atoms with van der Waals surface area (Å²) in [6, 6.07) is 15.9. The molecule has 0 aromatic heterocycles. The molecule has 134 valence electrons. The number of benzene rings is 2. The van der Waals surface area contributed by atoms with Crippen molar-refractivity contribution in [3.8, 4) is 0 Å². The molecule has 25 heavy (non-hydrogen) atoms. The molecule has 2 aromatic carbocycles. The lowest BCUT2D eigenvalue weighted by Crippen LogP contribution is -2.40. The first-order chi connectivity index (χ1) is 11.6. The molecule has 0 spiro atoms. The summed E-state index contributed by atoms with van der Waals surface area (Å²) in [5.74, 6) is 5.85. The Morgan fingerprint density at radius 2 is 1.08 bits per heavy atom. The van der Waals surface area contributed by atoms with Gasteiger partial charge in [-0.3, -0.25) is 0 Å². The third-order valence-corrected chi connectivity index (χ3v) is 5.03. The predicted molar refractivity (Wildman–Crippen MR) is 109 cm³/mol. The molecular formula is C21H26Cl2N2. The van der Waals surface area contributed by atoms with E-state index in [0.717, 1.165) is 28.6 Å². The van der Waals surface area contributed by atoms with Crippen LogP contribution in [0.3, 0.4) is 0 Å². The van der Waals surface area contributed by atoms with Crippen LogP contribution in [0.4, 0.5) is 0 Å². The van der Waals surface area contributed by atoms with E-state index in [9.17, 15) is 0 Å². The molecule has 0 aliphatic rings. The quantitative estimate of drug-likeness (QED) is 0.366. The minimum absolute atomic E-state index is 0.168. The topological polar surface area (TPSA) is 38.4 Å². The van der Waals surface area contributed by atoms with Crippen LogP contribution in [0.15, 0.2) is 53.6 Å². The average Bonchev–Trinajstić information content (AvgIpc) is 2.51. The molecule has 0 unspecified atom stereocenters. The van der Waals surface area contributed by atoms with Crippen molar-refractivity contribution in [2.45, 2.75) is 40.5 Å². The third-order valence-electron chi connectivity index (χ3n) is 4.53. The van der Waals surface area contributed by atoms with E-state index < -0.39 is 0 Å². The van der Waals surface area contributed by atoms with Gasteiger partial charge in [0.1, 0.15) is 0 Å². The maximum Gasteiger partial charge on any atom is 0.0494 e. The summed E-state index contributed by atoms with van der Waals surface area (Å²) >= 11 is 12.0. The van der Waals surface area contributed by atoms with Crippen LogP contribution >= 0.6 is 23.2 Å². The Balaban J connectivity index is 2.22. The van der Waals surface area contributed by atoms with Crippen LogP contribution in [-0.4, -0.2) is 5.71 Å². The first-order valence-corrected chi connectivity index (χ1v) is 9.17. The number of rotatable bonds is 6. The summed E-state index contributed by atoms with van der Waals surface area (Å²) < 4.78 is 0. The highest BCUT2D eigenvalue weighted by Gasteiger charge is 2.37. The van der Waals surface area contributed by atoms with Crippen molar-refractivity contribution in [3.05, 3.63) is 69.7 Å². The molecule has 0 bridgehead atoms. The van der Waals surface area contributed by atoms with Crippen LogP contribution in [0.1, 0.15) is 38.8 Å². The molecule has 2 nitrogen and oxygen atoms in total. The minimum Gasteiger partial charge on any atom is -0.323 e. The highest BCUT2D eigenvalue weighted by Crippen LogP contribution is 2.36. The molecule has 0 heterocycles. The summed E-state index contributed by atoms with van der Waals surface area (Å²) in [7, 11) is 0. The Bertz CT molecular complexity index is 668. The van der Waals surface area contributed by atoms with E-state index in [2.05, 4.69) is 57.1 Å². The number of nitrogens with zero attached hydrogens (tertiary/aromatic N) is 1. The summed E-state index contributed by atoms with van der Waals surface area (Å²) in [5, 5.41) is 5.72. The maximum absolute atomic E-state index is 5.99. The van der Waals surface area contributed by atoms with Crippen LogP contribution in [0.2, 0.25) is 10.0 Å². The van der Waals surface area contributed by atoms with Gasteiger partial charge in [0.05, 0.1) is 0 Å². The van der Waals surface area contributed by atoms with Crippen LogP contribution in [-0.2, 0) is 12.8 Å². The van der Waals surface area contributed by atoms with E-state index in [1.54, 1.807) is 0 Å². The van der Waals surface area contributed by atoms with Gasteiger partial charge in [-0.05, 0) is 48.2 Å². The van der Waals surface area contributed by atoms with Crippen LogP contribution < -0.4 is 5.84 Å². The number of halogens is 2. The Labute approximate surface area is 161 Å². The van der Waals surface area contributed by atoms with Gasteiger partial charge in [-0.1, -0.05) is 75.2 Å². The second kappa shape index (κ2) is 7.80. The fourth-order valence-corrected chi connectivity index (χ4v) is 3.91. The Hall–Kier alpha value is -1.51. The fourth-order valence-electron chi connectivity index (χ4n) is 3.66. The number of hydrazone groups is 1.